The van der Waals surface area contributed by atoms with Crippen LogP contribution in [0.15, 0.2) is 59.7 Å². The summed E-state index contributed by atoms with van der Waals surface area (Å²) in [5, 5.41) is 0. The molecule has 2 aromatic heterocycles. The Hall–Kier alpha value is -2.70. The number of amides is 1. The lowest BCUT2D eigenvalue weighted by atomic mass is 9.95. The Morgan fingerprint density at radius 1 is 1.15 bits per heavy atom. The molecule has 0 spiro atoms. The number of nitrogens with two attached hydrogens (primary N) is 1. The average Bonchev–Trinajstić information content (AvgIpc) is 3.04. The second kappa shape index (κ2) is 7.50. The fourth-order valence-corrected chi connectivity index (χ4v) is 3.55. The molecule has 27 heavy (non-hydrogen) atoms. The lowest BCUT2D eigenvalue weighted by Gasteiger charge is -2.16. The van der Waals surface area contributed by atoms with E-state index >= 15 is 0 Å². The third-order valence-electron chi connectivity index (χ3n) is 4.96. The Balaban J connectivity index is 0.00000210. The van der Waals surface area contributed by atoms with Gasteiger partial charge >= 0.3 is 0 Å². The second-order valence-corrected chi connectivity index (χ2v) is 6.80. The molecule has 1 amide bonds. The second-order valence-electron chi connectivity index (χ2n) is 6.80. The molecule has 1 saturated heterocycles. The number of likely N-dealkylation sites (tertiary alicyclic amines) is 1. The van der Waals surface area contributed by atoms with E-state index in [-0.39, 0.29) is 41.4 Å². The molecule has 2 N–H and O–H groups in total. The van der Waals surface area contributed by atoms with Crippen molar-refractivity contribution in [1.29, 1.82) is 0 Å². The monoisotopic (exact) mass is 384 g/mol. The van der Waals surface area contributed by atoms with Crippen LogP contribution in [0.1, 0.15) is 27.4 Å². The van der Waals surface area contributed by atoms with Crippen LogP contribution in [0, 0.1) is 6.92 Å². The van der Waals surface area contributed by atoms with Gasteiger partial charge in [0.25, 0.3) is 11.5 Å². The molecule has 1 aliphatic heterocycles. The molecule has 0 bridgehead atoms. The molecule has 0 radical (unpaired) electrons. The topological polar surface area (TPSA) is 80.7 Å². The number of carbonyl (C=O) groups excluding carboxylic acids is 1. The van der Waals surface area contributed by atoms with Gasteiger partial charge in [-0.1, -0.05) is 36.4 Å². The fourth-order valence-electron chi connectivity index (χ4n) is 3.55. The first kappa shape index (κ1) is 19.1. The van der Waals surface area contributed by atoms with Crippen molar-refractivity contribution >= 4 is 24.0 Å². The van der Waals surface area contributed by atoms with E-state index in [1.54, 1.807) is 17.2 Å². The molecule has 2 atom stereocenters. The predicted octanol–water partition coefficient (Wildman–Crippen LogP) is 1.99. The van der Waals surface area contributed by atoms with Crippen LogP contribution in [-0.4, -0.2) is 39.3 Å². The minimum absolute atomic E-state index is 0. The molecule has 0 aliphatic carbocycles. The zero-order valence-corrected chi connectivity index (χ0v) is 15.7. The van der Waals surface area contributed by atoms with Crippen LogP contribution < -0.4 is 11.3 Å². The molecule has 1 fully saturated rings. The molecule has 140 valence electrons. The Bertz CT molecular complexity index is 1040. The molecular formula is C20H21ClN4O2. The van der Waals surface area contributed by atoms with Crippen LogP contribution in [0.25, 0.3) is 5.65 Å². The number of aromatic nitrogens is 2. The number of hydrogen-bond donors (Lipinski definition) is 1. The maximum absolute atomic E-state index is 12.9. The molecule has 0 unspecified atom stereocenters. The van der Waals surface area contributed by atoms with Gasteiger partial charge in [-0.25, -0.2) is 4.98 Å². The first-order chi connectivity index (χ1) is 12.5. The van der Waals surface area contributed by atoms with E-state index in [2.05, 4.69) is 4.98 Å². The van der Waals surface area contributed by atoms with Crippen molar-refractivity contribution in [3.8, 4) is 0 Å². The standard InChI is InChI=1S/C20H20N4O2.ClH/c1-13-7-8-18-22-9-15(20(26)24(18)10-13)19(25)23-11-16(17(21)12-23)14-5-3-2-4-6-14;/h2-10,16-17H,11-12,21H2,1H3;1H/t16-,17+;/m0./s1. The number of nitrogens with zero attached hydrogens (tertiary/aromatic N) is 3. The zero-order valence-electron chi connectivity index (χ0n) is 14.9. The normalized spacial score (nSPS) is 19.1. The van der Waals surface area contributed by atoms with Gasteiger partial charge in [-0.2, -0.15) is 0 Å². The van der Waals surface area contributed by atoms with Crippen molar-refractivity contribution < 1.29 is 4.79 Å². The summed E-state index contributed by atoms with van der Waals surface area (Å²) in [6.07, 6.45) is 3.07. The summed E-state index contributed by atoms with van der Waals surface area (Å²) in [5.74, 6) is -0.245. The molecule has 1 aliphatic rings. The van der Waals surface area contributed by atoms with Gasteiger partial charge in [-0.15, -0.1) is 12.4 Å². The van der Waals surface area contributed by atoms with Crippen molar-refractivity contribution in [3.63, 3.8) is 0 Å². The average molecular weight is 385 g/mol. The molecule has 6 nitrogen and oxygen atoms in total. The predicted molar refractivity (Wildman–Crippen MR) is 107 cm³/mol. The van der Waals surface area contributed by atoms with Crippen molar-refractivity contribution in [2.75, 3.05) is 13.1 Å². The summed E-state index contributed by atoms with van der Waals surface area (Å²) in [6, 6.07) is 13.4. The highest BCUT2D eigenvalue weighted by Crippen LogP contribution is 2.27. The van der Waals surface area contributed by atoms with Gasteiger partial charge in [0.2, 0.25) is 0 Å². The summed E-state index contributed by atoms with van der Waals surface area (Å²) in [6.45, 7) is 2.82. The highest BCUT2D eigenvalue weighted by molar-refractivity contribution is 5.94. The highest BCUT2D eigenvalue weighted by Gasteiger charge is 2.35. The van der Waals surface area contributed by atoms with Crippen LogP contribution >= 0.6 is 12.4 Å². The molecule has 7 heteroatoms. The molecular weight excluding hydrogens is 364 g/mol. The van der Waals surface area contributed by atoms with Gasteiger partial charge in [0.15, 0.2) is 0 Å². The quantitative estimate of drug-likeness (QED) is 0.732. The minimum Gasteiger partial charge on any atom is -0.336 e. The van der Waals surface area contributed by atoms with Crippen molar-refractivity contribution in [2.45, 2.75) is 18.9 Å². The fraction of sp³-hybridized carbons (Fsp3) is 0.250. The number of carbonyl (C=O) groups is 1. The van der Waals surface area contributed by atoms with Crippen molar-refractivity contribution in [1.82, 2.24) is 14.3 Å². The number of halogens is 1. The molecule has 3 aromatic rings. The van der Waals surface area contributed by atoms with E-state index in [4.69, 9.17) is 5.73 Å². The van der Waals surface area contributed by atoms with Gasteiger partial charge in [0, 0.05) is 37.4 Å². The van der Waals surface area contributed by atoms with E-state index < -0.39 is 0 Å². The van der Waals surface area contributed by atoms with Crippen LogP contribution in [0.4, 0.5) is 0 Å². The zero-order chi connectivity index (χ0) is 18.3. The Labute approximate surface area is 163 Å². The van der Waals surface area contributed by atoms with E-state index in [9.17, 15) is 9.59 Å². The van der Waals surface area contributed by atoms with Crippen molar-refractivity contribution in [3.05, 3.63) is 81.9 Å². The Kier molecular flexibility index (Phi) is 5.30. The maximum atomic E-state index is 12.9. The molecule has 3 heterocycles. The Morgan fingerprint density at radius 2 is 1.89 bits per heavy atom. The van der Waals surface area contributed by atoms with Gasteiger partial charge in [0.05, 0.1) is 0 Å². The third-order valence-corrected chi connectivity index (χ3v) is 4.96. The van der Waals surface area contributed by atoms with E-state index in [1.807, 2.05) is 43.3 Å². The molecule has 0 saturated carbocycles. The van der Waals surface area contributed by atoms with Gasteiger partial charge in [-0.05, 0) is 24.1 Å². The van der Waals surface area contributed by atoms with E-state index in [1.165, 1.54) is 10.6 Å². The van der Waals surface area contributed by atoms with Crippen LogP contribution in [0.2, 0.25) is 0 Å². The van der Waals surface area contributed by atoms with Crippen LogP contribution in [0.5, 0.6) is 0 Å². The first-order valence-electron chi connectivity index (χ1n) is 8.62. The van der Waals surface area contributed by atoms with Gasteiger partial charge in [0.1, 0.15) is 11.2 Å². The lowest BCUT2D eigenvalue weighted by Crippen LogP contribution is -2.36. The number of pyridine rings is 1. The minimum atomic E-state index is -0.347. The summed E-state index contributed by atoms with van der Waals surface area (Å²) in [5.41, 5.74) is 8.57. The number of hydrogen-bond acceptors (Lipinski definition) is 4. The highest BCUT2D eigenvalue weighted by atomic mass is 35.5. The Morgan fingerprint density at radius 3 is 2.63 bits per heavy atom. The van der Waals surface area contributed by atoms with E-state index in [0.717, 1.165) is 11.1 Å². The third kappa shape index (κ3) is 3.46. The lowest BCUT2D eigenvalue weighted by molar-refractivity contribution is 0.0787. The van der Waals surface area contributed by atoms with E-state index in [0.29, 0.717) is 18.7 Å². The van der Waals surface area contributed by atoms with Crippen LogP contribution in [0.3, 0.4) is 0 Å². The summed E-state index contributed by atoms with van der Waals surface area (Å²) >= 11 is 0. The largest absolute Gasteiger partial charge is 0.336 e. The van der Waals surface area contributed by atoms with Crippen LogP contribution in [-0.2, 0) is 0 Å². The summed E-state index contributed by atoms with van der Waals surface area (Å²) in [7, 11) is 0. The number of rotatable bonds is 2. The molecule has 4 rings (SSSR count). The smallest absolute Gasteiger partial charge is 0.270 e. The molecule has 1 aromatic carbocycles. The number of benzene rings is 1. The van der Waals surface area contributed by atoms with Gasteiger partial charge in [-0.3, -0.25) is 14.0 Å². The summed E-state index contributed by atoms with van der Waals surface area (Å²) in [4.78, 5) is 31.6. The number of fused-ring (bicyclic) bond motifs is 1. The number of aryl methyl sites for hydroxylation is 1. The SMILES string of the molecule is Cc1ccc2ncc(C(=O)N3C[C@@H](N)[C@H](c4ccccc4)C3)c(=O)n2c1.Cl. The van der Waals surface area contributed by atoms with Gasteiger partial charge < -0.3 is 10.6 Å². The van der Waals surface area contributed by atoms with Crippen molar-refractivity contribution in [2.24, 2.45) is 5.73 Å². The summed E-state index contributed by atoms with van der Waals surface area (Å²) < 4.78 is 1.42. The first-order valence-corrected chi connectivity index (χ1v) is 8.62. The maximum Gasteiger partial charge on any atom is 0.270 e.